The van der Waals surface area contributed by atoms with Gasteiger partial charge in [-0.05, 0) is 30.0 Å². The lowest BCUT2D eigenvalue weighted by Crippen LogP contribution is -2.34. The van der Waals surface area contributed by atoms with E-state index in [-0.39, 0.29) is 5.95 Å². The minimum absolute atomic E-state index is 0.154. The highest BCUT2D eigenvalue weighted by Gasteiger charge is 2.15. The van der Waals surface area contributed by atoms with Crippen molar-refractivity contribution in [1.29, 1.82) is 0 Å². The molecule has 0 aliphatic carbocycles. The Morgan fingerprint density at radius 1 is 1.06 bits per heavy atom. The number of benzene rings is 2. The number of nitrogen functional groups attached to an aromatic ring is 1. The zero-order chi connectivity index (χ0) is 22.2. The van der Waals surface area contributed by atoms with Crippen molar-refractivity contribution < 1.29 is 13.9 Å². The van der Waals surface area contributed by atoms with E-state index in [1.807, 2.05) is 42.5 Å². The molecule has 3 rings (SSSR count). The highest BCUT2D eigenvalue weighted by Crippen LogP contribution is 2.22. The molecule has 162 valence electrons. The van der Waals surface area contributed by atoms with Crippen molar-refractivity contribution in [1.82, 2.24) is 9.97 Å². The van der Waals surface area contributed by atoms with Crippen molar-refractivity contribution in [3.63, 3.8) is 0 Å². The van der Waals surface area contributed by atoms with Gasteiger partial charge in [-0.2, -0.15) is 4.98 Å². The number of anilines is 2. The molecule has 0 fully saturated rings. The summed E-state index contributed by atoms with van der Waals surface area (Å²) in [6.07, 6.45) is 0.388. The fourth-order valence-electron chi connectivity index (χ4n) is 3.04. The third-order valence-corrected chi connectivity index (χ3v) is 4.69. The molecule has 0 spiro atoms. The fraction of sp³-hybridized carbons (Fsp3) is 0.261. The van der Waals surface area contributed by atoms with Crippen molar-refractivity contribution in [3.05, 3.63) is 71.3 Å². The number of hydrogen-bond donors (Lipinski definition) is 3. The van der Waals surface area contributed by atoms with E-state index in [1.165, 1.54) is 0 Å². The van der Waals surface area contributed by atoms with E-state index in [0.29, 0.717) is 36.6 Å². The van der Waals surface area contributed by atoms with Crippen LogP contribution in [-0.2, 0) is 29.2 Å². The Kier molecular flexibility index (Phi) is 7.50. The molecule has 0 bridgehead atoms. The summed E-state index contributed by atoms with van der Waals surface area (Å²) in [5.74, 6) is 0.330. The van der Waals surface area contributed by atoms with Gasteiger partial charge in [-0.15, -0.1) is 0 Å². The summed E-state index contributed by atoms with van der Waals surface area (Å²) >= 11 is 0. The minimum Gasteiger partial charge on any atom is -0.465 e. The SMILES string of the molecule is CCOC(=O)[C@@H](N)Cc1ccc(-c2cc(NCc3ccc(CF)cc3)nc(N)n2)cc1. The van der Waals surface area contributed by atoms with Crippen LogP contribution in [0.3, 0.4) is 0 Å². The summed E-state index contributed by atoms with van der Waals surface area (Å²) in [5.41, 5.74) is 15.9. The average Bonchev–Trinajstić information content (AvgIpc) is 2.78. The molecular weight excluding hydrogens is 397 g/mol. The van der Waals surface area contributed by atoms with E-state index in [4.69, 9.17) is 16.2 Å². The molecule has 0 saturated heterocycles. The summed E-state index contributed by atoms with van der Waals surface area (Å²) in [7, 11) is 0. The highest BCUT2D eigenvalue weighted by molar-refractivity contribution is 5.76. The number of nitrogens with two attached hydrogens (primary N) is 2. The van der Waals surface area contributed by atoms with E-state index < -0.39 is 18.7 Å². The summed E-state index contributed by atoms with van der Waals surface area (Å²) in [6.45, 7) is 2.10. The first-order valence-electron chi connectivity index (χ1n) is 10.0. The number of ether oxygens (including phenoxy) is 1. The maximum absolute atomic E-state index is 12.6. The smallest absolute Gasteiger partial charge is 0.323 e. The van der Waals surface area contributed by atoms with Gasteiger partial charge in [0.2, 0.25) is 5.95 Å². The molecule has 0 saturated carbocycles. The van der Waals surface area contributed by atoms with Crippen molar-refractivity contribution in [3.8, 4) is 11.3 Å². The summed E-state index contributed by atoms with van der Waals surface area (Å²) in [6, 6.07) is 15.9. The Morgan fingerprint density at radius 2 is 1.71 bits per heavy atom. The number of nitrogens with zero attached hydrogens (tertiary/aromatic N) is 2. The lowest BCUT2D eigenvalue weighted by Gasteiger charge is -2.11. The number of aromatic nitrogens is 2. The van der Waals surface area contributed by atoms with E-state index in [2.05, 4.69) is 15.3 Å². The molecule has 3 aromatic rings. The Labute approximate surface area is 180 Å². The molecule has 1 aromatic heterocycles. The van der Waals surface area contributed by atoms with Crippen molar-refractivity contribution in [2.45, 2.75) is 32.6 Å². The molecule has 5 N–H and O–H groups in total. The third-order valence-electron chi connectivity index (χ3n) is 4.69. The van der Waals surface area contributed by atoms with E-state index >= 15 is 0 Å². The second-order valence-electron chi connectivity index (χ2n) is 7.06. The van der Waals surface area contributed by atoms with E-state index in [1.54, 1.807) is 19.1 Å². The average molecular weight is 423 g/mol. The van der Waals surface area contributed by atoms with E-state index in [0.717, 1.165) is 16.7 Å². The van der Waals surface area contributed by atoms with Gasteiger partial charge in [-0.25, -0.2) is 9.37 Å². The van der Waals surface area contributed by atoms with Crippen LogP contribution in [0.1, 0.15) is 23.6 Å². The molecule has 0 amide bonds. The van der Waals surface area contributed by atoms with Gasteiger partial charge in [0.15, 0.2) is 0 Å². The Morgan fingerprint density at radius 3 is 2.35 bits per heavy atom. The predicted octanol–water partition coefficient (Wildman–Crippen LogP) is 3.24. The first kappa shape index (κ1) is 22.2. The molecule has 0 aliphatic rings. The first-order chi connectivity index (χ1) is 15.0. The minimum atomic E-state index is -0.699. The zero-order valence-electron chi connectivity index (χ0n) is 17.3. The predicted molar refractivity (Wildman–Crippen MR) is 119 cm³/mol. The maximum atomic E-state index is 12.6. The van der Waals surface area contributed by atoms with Crippen molar-refractivity contribution in [2.24, 2.45) is 5.73 Å². The number of nitrogens with one attached hydrogen (secondary N) is 1. The van der Waals surface area contributed by atoms with Gasteiger partial charge in [0.25, 0.3) is 0 Å². The Hall–Kier alpha value is -3.52. The molecule has 0 radical (unpaired) electrons. The number of carbonyl (C=O) groups is 1. The zero-order valence-corrected chi connectivity index (χ0v) is 17.3. The molecule has 31 heavy (non-hydrogen) atoms. The van der Waals surface area contributed by atoms with Crippen LogP contribution >= 0.6 is 0 Å². The number of esters is 1. The van der Waals surface area contributed by atoms with Gasteiger partial charge in [0, 0.05) is 18.2 Å². The van der Waals surface area contributed by atoms with Crippen LogP contribution in [0.25, 0.3) is 11.3 Å². The first-order valence-corrected chi connectivity index (χ1v) is 10.0. The summed E-state index contributed by atoms with van der Waals surface area (Å²) in [4.78, 5) is 20.2. The second-order valence-corrected chi connectivity index (χ2v) is 7.06. The number of halogens is 1. The van der Waals surface area contributed by atoms with Gasteiger partial charge in [-0.1, -0.05) is 48.5 Å². The molecule has 2 aromatic carbocycles. The monoisotopic (exact) mass is 423 g/mol. The fourth-order valence-corrected chi connectivity index (χ4v) is 3.04. The molecular formula is C23H26FN5O2. The molecule has 1 atom stereocenters. The van der Waals surface area contributed by atoms with Crippen LogP contribution in [0.15, 0.2) is 54.6 Å². The van der Waals surface area contributed by atoms with Gasteiger partial charge >= 0.3 is 5.97 Å². The topological polar surface area (TPSA) is 116 Å². The standard InChI is InChI=1S/C23H26FN5O2/c1-2-31-22(30)19(25)11-15-7-9-18(10-8-15)20-12-21(29-23(26)28-20)27-14-17-5-3-16(13-24)4-6-17/h3-10,12,19H,2,11,13-14,25H2,1H3,(H3,26,27,28,29)/t19-/m0/s1. The molecule has 1 heterocycles. The van der Waals surface area contributed by atoms with E-state index in [9.17, 15) is 9.18 Å². The third kappa shape index (κ3) is 6.23. The van der Waals surface area contributed by atoms with Crippen LogP contribution in [0.2, 0.25) is 0 Å². The Bertz CT molecular complexity index is 1010. The van der Waals surface area contributed by atoms with Gasteiger partial charge in [0.1, 0.15) is 18.5 Å². The van der Waals surface area contributed by atoms with Crippen LogP contribution in [0, 0.1) is 0 Å². The lowest BCUT2D eigenvalue weighted by molar-refractivity contribution is -0.144. The second kappa shape index (κ2) is 10.5. The number of carbonyl (C=O) groups excluding carboxylic acids is 1. The van der Waals surface area contributed by atoms with Crippen LogP contribution in [-0.4, -0.2) is 28.6 Å². The highest BCUT2D eigenvalue weighted by atomic mass is 19.1. The van der Waals surface area contributed by atoms with Crippen LogP contribution < -0.4 is 16.8 Å². The normalized spacial score (nSPS) is 11.7. The van der Waals surface area contributed by atoms with Crippen molar-refractivity contribution >= 4 is 17.7 Å². The molecule has 8 heteroatoms. The van der Waals surface area contributed by atoms with Gasteiger partial charge in [0.05, 0.1) is 12.3 Å². The quantitative estimate of drug-likeness (QED) is 0.452. The molecule has 7 nitrogen and oxygen atoms in total. The largest absolute Gasteiger partial charge is 0.465 e. The number of rotatable bonds is 9. The van der Waals surface area contributed by atoms with Crippen LogP contribution in [0.4, 0.5) is 16.2 Å². The maximum Gasteiger partial charge on any atom is 0.323 e. The number of hydrogen-bond acceptors (Lipinski definition) is 7. The number of alkyl halides is 1. The van der Waals surface area contributed by atoms with Gasteiger partial charge in [-0.3, -0.25) is 4.79 Å². The molecule has 0 aliphatic heterocycles. The van der Waals surface area contributed by atoms with Crippen LogP contribution in [0.5, 0.6) is 0 Å². The summed E-state index contributed by atoms with van der Waals surface area (Å²) in [5, 5.41) is 3.22. The van der Waals surface area contributed by atoms with Gasteiger partial charge < -0.3 is 21.5 Å². The summed E-state index contributed by atoms with van der Waals surface area (Å²) < 4.78 is 17.6. The Balaban J connectivity index is 1.68. The van der Waals surface area contributed by atoms with Crippen molar-refractivity contribution in [2.75, 3.05) is 17.7 Å². The lowest BCUT2D eigenvalue weighted by atomic mass is 10.0. The molecule has 0 unspecified atom stereocenters.